The van der Waals surface area contributed by atoms with Crippen LogP contribution in [0.1, 0.15) is 10.6 Å². The van der Waals surface area contributed by atoms with Crippen molar-refractivity contribution in [1.29, 1.82) is 0 Å². The molecule has 0 bridgehead atoms. The van der Waals surface area contributed by atoms with Crippen LogP contribution < -0.4 is 15.2 Å². The quantitative estimate of drug-likeness (QED) is 0.876. The minimum Gasteiger partial charge on any atom is -0.497 e. The number of nitrogens with zero attached hydrogens (tertiary/aromatic N) is 2. The zero-order valence-corrected chi connectivity index (χ0v) is 11.7. The van der Waals surface area contributed by atoms with Crippen molar-refractivity contribution < 1.29 is 14.3 Å². The molecule has 0 unspecified atom stereocenters. The van der Waals surface area contributed by atoms with E-state index in [1.54, 1.807) is 18.2 Å². The number of hydrogen-bond acceptors (Lipinski definition) is 5. The Kier molecular flexibility index (Phi) is 4.26. The lowest BCUT2D eigenvalue weighted by molar-refractivity contribution is 0.0990. The third-order valence-electron chi connectivity index (χ3n) is 2.23. The van der Waals surface area contributed by atoms with Gasteiger partial charge in [-0.25, -0.2) is 9.97 Å². The lowest BCUT2D eigenvalue weighted by atomic mass is 10.3. The summed E-state index contributed by atoms with van der Waals surface area (Å²) in [5.41, 5.74) is 5.03. The van der Waals surface area contributed by atoms with Gasteiger partial charge in [0, 0.05) is 6.07 Å². The third kappa shape index (κ3) is 3.09. The van der Waals surface area contributed by atoms with E-state index in [1.165, 1.54) is 7.11 Å². The normalized spacial score (nSPS) is 10.2. The van der Waals surface area contributed by atoms with Gasteiger partial charge >= 0.3 is 0 Å². The van der Waals surface area contributed by atoms with Crippen LogP contribution in [0, 0.1) is 6.20 Å². The smallest absolute Gasteiger partial charge is 0.286 e. The summed E-state index contributed by atoms with van der Waals surface area (Å²) >= 11 is 11.8. The summed E-state index contributed by atoms with van der Waals surface area (Å²) in [5.74, 6) is -0.199. The van der Waals surface area contributed by atoms with Gasteiger partial charge in [-0.05, 0) is 12.1 Å². The maximum Gasteiger partial charge on any atom is 0.286 e. The number of rotatable bonds is 4. The van der Waals surface area contributed by atoms with Crippen LogP contribution in [0.5, 0.6) is 17.2 Å². The molecule has 0 saturated heterocycles. The van der Waals surface area contributed by atoms with E-state index in [9.17, 15) is 4.79 Å². The minimum atomic E-state index is -0.811. The van der Waals surface area contributed by atoms with Gasteiger partial charge < -0.3 is 15.2 Å². The molecule has 103 valence electrons. The Morgan fingerprint density at radius 2 is 2.15 bits per heavy atom. The number of ether oxygens (including phenoxy) is 2. The summed E-state index contributed by atoms with van der Waals surface area (Å²) in [4.78, 5) is 18.2. The highest BCUT2D eigenvalue weighted by atomic mass is 35.5. The van der Waals surface area contributed by atoms with Crippen LogP contribution in [0.15, 0.2) is 18.2 Å². The number of amides is 1. The average Bonchev–Trinajstić information content (AvgIpc) is 2.43. The molecule has 0 atom stereocenters. The molecule has 6 nitrogen and oxygen atoms in total. The molecule has 1 aromatic carbocycles. The molecular formula is C12H8Cl2N3O3. The maximum absolute atomic E-state index is 10.9. The van der Waals surface area contributed by atoms with Gasteiger partial charge in [0.15, 0.2) is 10.9 Å². The zero-order valence-electron chi connectivity index (χ0n) is 10.2. The van der Waals surface area contributed by atoms with Crippen LogP contribution in [0.4, 0.5) is 0 Å². The Bertz CT molecular complexity index is 664. The topological polar surface area (TPSA) is 87.3 Å². The first kappa shape index (κ1) is 14.4. The van der Waals surface area contributed by atoms with Crippen molar-refractivity contribution >= 4 is 29.1 Å². The van der Waals surface area contributed by atoms with Crippen molar-refractivity contribution in [2.45, 2.75) is 0 Å². The van der Waals surface area contributed by atoms with Gasteiger partial charge in [-0.1, -0.05) is 23.2 Å². The largest absolute Gasteiger partial charge is 0.497 e. The van der Waals surface area contributed by atoms with Crippen LogP contribution >= 0.6 is 23.2 Å². The first-order valence-electron chi connectivity index (χ1n) is 5.27. The molecule has 1 radical (unpaired) electrons. The summed E-state index contributed by atoms with van der Waals surface area (Å²) in [6, 6.07) is 4.84. The molecule has 2 aromatic rings. The highest BCUT2D eigenvalue weighted by Crippen LogP contribution is 2.34. The van der Waals surface area contributed by atoms with Gasteiger partial charge in [0.05, 0.1) is 12.1 Å². The summed E-state index contributed by atoms with van der Waals surface area (Å²) in [6.07, 6.45) is 2.43. The third-order valence-corrected chi connectivity index (χ3v) is 2.79. The van der Waals surface area contributed by atoms with E-state index in [0.29, 0.717) is 16.5 Å². The maximum atomic E-state index is 10.9. The predicted octanol–water partition coefficient (Wildman–Crippen LogP) is 2.48. The standard InChI is InChI=1S/C12H8Cl2N3O3/c1-19-6-2-3-7(13)8(4-6)20-9-5-16-12(11(15)18)17-10(9)14/h2-4H,1H3,(H2,15,18). The van der Waals surface area contributed by atoms with Gasteiger partial charge in [-0.3, -0.25) is 4.79 Å². The SMILES string of the molecule is COc1ccc(Cl)c(Oc2[c]nc(C(N)=O)nc2Cl)c1. The molecule has 2 N–H and O–H groups in total. The summed E-state index contributed by atoms with van der Waals surface area (Å²) in [5, 5.41) is 0.238. The Labute approximate surface area is 124 Å². The molecule has 1 aromatic heterocycles. The molecule has 2 rings (SSSR count). The Morgan fingerprint density at radius 1 is 1.40 bits per heavy atom. The van der Waals surface area contributed by atoms with Crippen molar-refractivity contribution in [1.82, 2.24) is 9.97 Å². The number of halogens is 2. The molecule has 0 aliphatic rings. The number of aromatic nitrogens is 2. The summed E-state index contributed by atoms with van der Waals surface area (Å²) in [6.45, 7) is 0. The van der Waals surface area contributed by atoms with Crippen molar-refractivity contribution in [3.8, 4) is 17.2 Å². The number of nitrogens with two attached hydrogens (primary N) is 1. The molecule has 0 aliphatic heterocycles. The summed E-state index contributed by atoms with van der Waals surface area (Å²) < 4.78 is 10.5. The fourth-order valence-corrected chi connectivity index (χ4v) is 1.61. The second-order valence-corrected chi connectivity index (χ2v) is 4.31. The molecule has 8 heteroatoms. The second kappa shape index (κ2) is 5.94. The van der Waals surface area contributed by atoms with E-state index in [4.69, 9.17) is 38.4 Å². The van der Waals surface area contributed by atoms with Gasteiger partial charge in [0.25, 0.3) is 5.91 Å². The van der Waals surface area contributed by atoms with Crippen LogP contribution in [0.2, 0.25) is 10.2 Å². The number of hydrogen-bond donors (Lipinski definition) is 1. The number of methoxy groups -OCH3 is 1. The van der Waals surface area contributed by atoms with Crippen LogP contribution in [0.25, 0.3) is 0 Å². The monoisotopic (exact) mass is 312 g/mol. The van der Waals surface area contributed by atoms with Gasteiger partial charge in [-0.2, -0.15) is 0 Å². The minimum absolute atomic E-state index is 0.0202. The average molecular weight is 313 g/mol. The Hall–Kier alpha value is -2.05. The highest BCUT2D eigenvalue weighted by molar-refractivity contribution is 6.32. The van der Waals surface area contributed by atoms with E-state index in [2.05, 4.69) is 16.2 Å². The lowest BCUT2D eigenvalue weighted by Gasteiger charge is -2.09. The molecule has 1 heterocycles. The molecule has 20 heavy (non-hydrogen) atoms. The molecule has 0 fully saturated rings. The molecule has 0 spiro atoms. The number of benzene rings is 1. The Balaban J connectivity index is 2.32. The lowest BCUT2D eigenvalue weighted by Crippen LogP contribution is -2.15. The van der Waals surface area contributed by atoms with E-state index in [-0.39, 0.29) is 16.7 Å². The van der Waals surface area contributed by atoms with Gasteiger partial charge in [0.2, 0.25) is 5.82 Å². The van der Waals surface area contributed by atoms with Crippen molar-refractivity contribution in [2.75, 3.05) is 7.11 Å². The van der Waals surface area contributed by atoms with Crippen molar-refractivity contribution in [3.05, 3.63) is 40.4 Å². The van der Waals surface area contributed by atoms with Crippen molar-refractivity contribution in [2.24, 2.45) is 5.73 Å². The number of carbonyl (C=O) groups excluding carboxylic acids is 1. The first-order valence-corrected chi connectivity index (χ1v) is 6.03. The van der Waals surface area contributed by atoms with Crippen LogP contribution in [-0.2, 0) is 0 Å². The number of primary amides is 1. The number of carbonyl (C=O) groups is 1. The second-order valence-electron chi connectivity index (χ2n) is 3.54. The fraction of sp³-hybridized carbons (Fsp3) is 0.0833. The Morgan fingerprint density at radius 3 is 2.75 bits per heavy atom. The van der Waals surface area contributed by atoms with Crippen LogP contribution in [0.3, 0.4) is 0 Å². The van der Waals surface area contributed by atoms with E-state index in [0.717, 1.165) is 0 Å². The fourth-order valence-electron chi connectivity index (χ4n) is 1.29. The molecular weight excluding hydrogens is 305 g/mol. The molecule has 0 saturated carbocycles. The van der Waals surface area contributed by atoms with E-state index in [1.807, 2.05) is 0 Å². The van der Waals surface area contributed by atoms with E-state index >= 15 is 0 Å². The first-order chi connectivity index (χ1) is 9.51. The van der Waals surface area contributed by atoms with Crippen LogP contribution in [-0.4, -0.2) is 23.0 Å². The van der Waals surface area contributed by atoms with Gasteiger partial charge in [0.1, 0.15) is 17.7 Å². The highest BCUT2D eigenvalue weighted by Gasteiger charge is 2.13. The molecule has 1 amide bonds. The predicted molar refractivity (Wildman–Crippen MR) is 72.5 cm³/mol. The molecule has 0 aliphatic carbocycles. The summed E-state index contributed by atoms with van der Waals surface area (Å²) in [7, 11) is 1.51. The zero-order chi connectivity index (χ0) is 14.7. The van der Waals surface area contributed by atoms with E-state index < -0.39 is 5.91 Å². The van der Waals surface area contributed by atoms with Crippen molar-refractivity contribution in [3.63, 3.8) is 0 Å². The van der Waals surface area contributed by atoms with Gasteiger partial charge in [-0.15, -0.1) is 0 Å².